The molecule has 1 aromatic carbocycles. The molecular formula is C20H23NO2. The molecule has 3 nitrogen and oxygen atoms in total. The molecule has 2 heterocycles. The lowest BCUT2D eigenvalue weighted by Crippen LogP contribution is -2.47. The van der Waals surface area contributed by atoms with Gasteiger partial charge in [0.2, 0.25) is 0 Å². The van der Waals surface area contributed by atoms with E-state index in [4.69, 9.17) is 4.74 Å². The van der Waals surface area contributed by atoms with E-state index in [2.05, 4.69) is 30.1 Å². The van der Waals surface area contributed by atoms with Crippen LogP contribution in [0.5, 0.6) is 0 Å². The molecule has 0 N–H and O–H groups in total. The van der Waals surface area contributed by atoms with Gasteiger partial charge in [-0.25, -0.2) is 0 Å². The zero-order chi connectivity index (χ0) is 16.1. The van der Waals surface area contributed by atoms with Crippen molar-refractivity contribution < 1.29 is 9.53 Å². The standard InChI is InChI=1S/C20H23NO2/c1-2-3-12-20(17-9-5-4-6-10-17)18(11-14-23-19(20)22)16-8-7-13-21-15-16/h4-10,13,15,18H,2-3,11-12,14H2,1H3. The van der Waals surface area contributed by atoms with Crippen LogP contribution in [0.3, 0.4) is 0 Å². The number of unbranched alkanes of at least 4 members (excludes halogenated alkanes) is 1. The molecule has 0 spiro atoms. The van der Waals surface area contributed by atoms with Crippen LogP contribution in [0, 0.1) is 0 Å². The van der Waals surface area contributed by atoms with Crippen LogP contribution < -0.4 is 0 Å². The Morgan fingerprint density at radius 1 is 1.22 bits per heavy atom. The number of carbonyl (C=O) groups is 1. The van der Waals surface area contributed by atoms with Crippen molar-refractivity contribution in [1.82, 2.24) is 4.98 Å². The molecule has 0 bridgehead atoms. The molecule has 2 atom stereocenters. The van der Waals surface area contributed by atoms with Crippen molar-refractivity contribution in [3.05, 3.63) is 66.0 Å². The Morgan fingerprint density at radius 2 is 2.04 bits per heavy atom. The van der Waals surface area contributed by atoms with Crippen LogP contribution in [-0.4, -0.2) is 17.6 Å². The number of esters is 1. The van der Waals surface area contributed by atoms with E-state index in [1.54, 1.807) is 6.20 Å². The highest BCUT2D eigenvalue weighted by Crippen LogP contribution is 2.48. The summed E-state index contributed by atoms with van der Waals surface area (Å²) in [7, 11) is 0. The number of cyclic esters (lactones) is 1. The van der Waals surface area contributed by atoms with Gasteiger partial charge in [0.05, 0.1) is 12.0 Å². The van der Waals surface area contributed by atoms with Crippen LogP contribution in [0.1, 0.15) is 49.7 Å². The van der Waals surface area contributed by atoms with Crippen LogP contribution in [0.15, 0.2) is 54.9 Å². The zero-order valence-electron chi connectivity index (χ0n) is 13.6. The number of nitrogens with zero attached hydrogens (tertiary/aromatic N) is 1. The summed E-state index contributed by atoms with van der Waals surface area (Å²) in [6.07, 6.45) is 7.39. The number of pyridine rings is 1. The van der Waals surface area contributed by atoms with Crippen LogP contribution in [-0.2, 0) is 14.9 Å². The van der Waals surface area contributed by atoms with E-state index >= 15 is 0 Å². The summed E-state index contributed by atoms with van der Waals surface area (Å²) >= 11 is 0. The molecule has 0 aliphatic carbocycles. The first-order valence-electron chi connectivity index (χ1n) is 8.41. The predicted molar refractivity (Wildman–Crippen MR) is 90.2 cm³/mol. The summed E-state index contributed by atoms with van der Waals surface area (Å²) in [6.45, 7) is 2.64. The molecule has 1 fully saturated rings. The largest absolute Gasteiger partial charge is 0.465 e. The van der Waals surface area contributed by atoms with Gasteiger partial charge >= 0.3 is 5.97 Å². The lowest BCUT2D eigenvalue weighted by atomic mass is 9.63. The van der Waals surface area contributed by atoms with E-state index in [1.807, 2.05) is 30.5 Å². The molecule has 1 aliphatic rings. The average Bonchev–Trinajstić information content (AvgIpc) is 2.62. The minimum absolute atomic E-state index is 0.0859. The van der Waals surface area contributed by atoms with Gasteiger partial charge in [-0.2, -0.15) is 0 Å². The minimum Gasteiger partial charge on any atom is -0.465 e. The Bertz CT molecular complexity index is 641. The second-order valence-corrected chi connectivity index (χ2v) is 6.20. The zero-order valence-corrected chi connectivity index (χ0v) is 13.6. The van der Waals surface area contributed by atoms with E-state index in [0.717, 1.165) is 36.8 Å². The van der Waals surface area contributed by atoms with Gasteiger partial charge in [-0.3, -0.25) is 9.78 Å². The van der Waals surface area contributed by atoms with Crippen molar-refractivity contribution in [1.29, 1.82) is 0 Å². The quantitative estimate of drug-likeness (QED) is 0.775. The van der Waals surface area contributed by atoms with Crippen LogP contribution in [0.4, 0.5) is 0 Å². The second kappa shape index (κ2) is 6.95. The lowest BCUT2D eigenvalue weighted by molar-refractivity contribution is -0.157. The second-order valence-electron chi connectivity index (χ2n) is 6.20. The molecule has 1 saturated heterocycles. The smallest absolute Gasteiger partial charge is 0.317 e. The molecule has 3 rings (SSSR count). The Morgan fingerprint density at radius 3 is 2.74 bits per heavy atom. The first-order valence-corrected chi connectivity index (χ1v) is 8.41. The Balaban J connectivity index is 2.13. The number of hydrogen-bond donors (Lipinski definition) is 0. The monoisotopic (exact) mass is 309 g/mol. The average molecular weight is 309 g/mol. The number of benzene rings is 1. The van der Waals surface area contributed by atoms with E-state index < -0.39 is 5.41 Å². The highest BCUT2D eigenvalue weighted by atomic mass is 16.5. The fraction of sp³-hybridized carbons (Fsp3) is 0.400. The van der Waals surface area contributed by atoms with Gasteiger partial charge in [0.15, 0.2) is 0 Å². The minimum atomic E-state index is -0.599. The maximum Gasteiger partial charge on any atom is 0.317 e. The summed E-state index contributed by atoms with van der Waals surface area (Å²) in [5, 5.41) is 0. The third kappa shape index (κ3) is 2.88. The molecule has 0 saturated carbocycles. The molecule has 2 aromatic rings. The topological polar surface area (TPSA) is 39.2 Å². The van der Waals surface area contributed by atoms with E-state index in [9.17, 15) is 4.79 Å². The fourth-order valence-electron chi connectivity index (χ4n) is 3.75. The summed E-state index contributed by atoms with van der Waals surface area (Å²) in [6, 6.07) is 14.2. The van der Waals surface area contributed by atoms with Crippen molar-refractivity contribution in [3.8, 4) is 0 Å². The van der Waals surface area contributed by atoms with Crippen molar-refractivity contribution in [2.24, 2.45) is 0 Å². The molecule has 2 unspecified atom stereocenters. The fourth-order valence-corrected chi connectivity index (χ4v) is 3.75. The van der Waals surface area contributed by atoms with Crippen molar-refractivity contribution >= 4 is 5.97 Å². The molecular weight excluding hydrogens is 286 g/mol. The third-order valence-corrected chi connectivity index (χ3v) is 4.90. The number of ether oxygens (including phenoxy) is 1. The summed E-state index contributed by atoms with van der Waals surface area (Å²) in [4.78, 5) is 17.2. The van der Waals surface area contributed by atoms with Crippen LogP contribution in [0.25, 0.3) is 0 Å². The number of aromatic nitrogens is 1. The molecule has 3 heteroatoms. The Kier molecular flexibility index (Phi) is 4.75. The Labute approximate surface area is 137 Å². The maximum atomic E-state index is 13.0. The van der Waals surface area contributed by atoms with Gasteiger partial charge in [-0.1, -0.05) is 56.2 Å². The number of rotatable bonds is 5. The van der Waals surface area contributed by atoms with Crippen molar-refractivity contribution in [2.45, 2.75) is 43.9 Å². The van der Waals surface area contributed by atoms with E-state index in [-0.39, 0.29) is 11.9 Å². The van der Waals surface area contributed by atoms with Gasteiger partial charge in [-0.05, 0) is 30.0 Å². The van der Waals surface area contributed by atoms with E-state index in [1.165, 1.54) is 0 Å². The predicted octanol–water partition coefficient (Wildman–Crippen LogP) is 4.24. The Hall–Kier alpha value is -2.16. The van der Waals surface area contributed by atoms with Gasteiger partial charge in [0.25, 0.3) is 0 Å². The maximum absolute atomic E-state index is 13.0. The van der Waals surface area contributed by atoms with E-state index in [0.29, 0.717) is 6.61 Å². The normalized spacial score (nSPS) is 24.2. The molecule has 0 radical (unpaired) electrons. The van der Waals surface area contributed by atoms with Crippen molar-refractivity contribution in [2.75, 3.05) is 6.61 Å². The van der Waals surface area contributed by atoms with Gasteiger partial charge < -0.3 is 4.74 Å². The van der Waals surface area contributed by atoms with Gasteiger partial charge in [0, 0.05) is 18.3 Å². The summed E-state index contributed by atoms with van der Waals surface area (Å²) in [5.74, 6) is 0.0312. The molecule has 0 amide bonds. The lowest BCUT2D eigenvalue weighted by Gasteiger charge is -2.42. The van der Waals surface area contributed by atoms with Crippen LogP contribution >= 0.6 is 0 Å². The van der Waals surface area contributed by atoms with Crippen LogP contribution in [0.2, 0.25) is 0 Å². The molecule has 1 aromatic heterocycles. The summed E-state index contributed by atoms with van der Waals surface area (Å²) < 4.78 is 5.54. The first kappa shape index (κ1) is 15.7. The number of carbonyl (C=O) groups excluding carboxylic acids is 1. The summed E-state index contributed by atoms with van der Waals surface area (Å²) in [5.41, 5.74) is 1.59. The third-order valence-electron chi connectivity index (χ3n) is 4.90. The van der Waals surface area contributed by atoms with Gasteiger partial charge in [0.1, 0.15) is 0 Å². The van der Waals surface area contributed by atoms with Crippen molar-refractivity contribution in [3.63, 3.8) is 0 Å². The SMILES string of the molecule is CCCCC1(c2ccccc2)C(=O)OCCC1c1cccnc1. The number of hydrogen-bond acceptors (Lipinski definition) is 3. The molecule has 1 aliphatic heterocycles. The molecule has 120 valence electrons. The first-order chi connectivity index (χ1) is 11.3. The highest BCUT2D eigenvalue weighted by molar-refractivity contribution is 5.85. The highest BCUT2D eigenvalue weighted by Gasteiger charge is 2.50. The molecule has 23 heavy (non-hydrogen) atoms. The van der Waals surface area contributed by atoms with Gasteiger partial charge in [-0.15, -0.1) is 0 Å².